The fourth-order valence-corrected chi connectivity index (χ4v) is 2.97. The molecule has 0 aliphatic carbocycles. The Hall–Kier alpha value is -2.27. The van der Waals surface area contributed by atoms with Gasteiger partial charge in [0.15, 0.2) is 0 Å². The van der Waals surface area contributed by atoms with Crippen molar-refractivity contribution in [3.8, 4) is 0 Å². The molecule has 23 heavy (non-hydrogen) atoms. The van der Waals surface area contributed by atoms with Crippen LogP contribution in [-0.2, 0) is 6.54 Å². The van der Waals surface area contributed by atoms with Crippen LogP contribution in [0.4, 0.5) is 5.69 Å². The molecule has 1 aliphatic rings. The topological polar surface area (TPSA) is 58.1 Å². The van der Waals surface area contributed by atoms with E-state index < -0.39 is 0 Å². The lowest BCUT2D eigenvalue weighted by Gasteiger charge is -2.15. The minimum absolute atomic E-state index is 0.197. The molecular weight excluding hydrogens is 288 g/mol. The normalized spacial score (nSPS) is 14.9. The Morgan fingerprint density at radius 2 is 1.96 bits per heavy atom. The number of amides is 1. The monoisotopic (exact) mass is 310 g/mol. The molecule has 2 heterocycles. The molecule has 2 aromatic rings. The van der Waals surface area contributed by atoms with Crippen LogP contribution in [0.5, 0.6) is 0 Å². The highest BCUT2D eigenvalue weighted by Gasteiger charge is 2.13. The summed E-state index contributed by atoms with van der Waals surface area (Å²) in [7, 11) is 0. The molecule has 0 bridgehead atoms. The summed E-state index contributed by atoms with van der Waals surface area (Å²) in [4.78, 5) is 23.2. The largest absolute Gasteiger partial charge is 0.321 e. The van der Waals surface area contributed by atoms with Gasteiger partial charge in [-0.05, 0) is 63.5 Å². The van der Waals surface area contributed by atoms with E-state index in [4.69, 9.17) is 0 Å². The zero-order valence-electron chi connectivity index (χ0n) is 13.7. The van der Waals surface area contributed by atoms with E-state index in [0.717, 1.165) is 31.0 Å². The van der Waals surface area contributed by atoms with Gasteiger partial charge in [0, 0.05) is 17.9 Å². The molecular formula is C18H22N4O. The van der Waals surface area contributed by atoms with Gasteiger partial charge >= 0.3 is 0 Å². The lowest BCUT2D eigenvalue weighted by Crippen LogP contribution is -2.19. The first kappa shape index (κ1) is 15.6. The minimum atomic E-state index is -0.197. The molecule has 0 unspecified atom stereocenters. The minimum Gasteiger partial charge on any atom is -0.321 e. The van der Waals surface area contributed by atoms with Crippen LogP contribution in [0, 0.1) is 13.8 Å². The van der Waals surface area contributed by atoms with Gasteiger partial charge in [-0.2, -0.15) is 0 Å². The molecule has 0 saturated carbocycles. The van der Waals surface area contributed by atoms with Gasteiger partial charge in [0.1, 0.15) is 11.5 Å². The van der Waals surface area contributed by atoms with Crippen molar-refractivity contribution in [3.05, 3.63) is 53.1 Å². The maximum atomic E-state index is 12.4. The van der Waals surface area contributed by atoms with Gasteiger partial charge in [0.05, 0.1) is 0 Å². The van der Waals surface area contributed by atoms with Crippen LogP contribution >= 0.6 is 0 Å². The van der Waals surface area contributed by atoms with Crippen molar-refractivity contribution in [1.29, 1.82) is 0 Å². The van der Waals surface area contributed by atoms with Gasteiger partial charge < -0.3 is 5.32 Å². The number of hydrogen-bond acceptors (Lipinski definition) is 4. The van der Waals surface area contributed by atoms with Gasteiger partial charge in [0.25, 0.3) is 5.91 Å². The Kier molecular flexibility index (Phi) is 4.67. The van der Waals surface area contributed by atoms with Crippen LogP contribution in [0.1, 0.15) is 40.4 Å². The lowest BCUT2D eigenvalue weighted by molar-refractivity contribution is 0.102. The highest BCUT2D eigenvalue weighted by Crippen LogP contribution is 2.16. The summed E-state index contributed by atoms with van der Waals surface area (Å²) in [6.45, 7) is 6.92. The third-order valence-electron chi connectivity index (χ3n) is 3.99. The number of aryl methyl sites for hydroxylation is 2. The number of likely N-dealkylation sites (tertiary alicyclic amines) is 1. The van der Waals surface area contributed by atoms with Crippen LogP contribution in [0.3, 0.4) is 0 Å². The average Bonchev–Trinajstić information content (AvgIpc) is 2.99. The number of hydrogen-bond donors (Lipinski definition) is 1. The predicted molar refractivity (Wildman–Crippen MR) is 90.4 cm³/mol. The summed E-state index contributed by atoms with van der Waals surface area (Å²) < 4.78 is 0. The van der Waals surface area contributed by atoms with Crippen molar-refractivity contribution in [3.63, 3.8) is 0 Å². The molecule has 120 valence electrons. The maximum absolute atomic E-state index is 12.4. The van der Waals surface area contributed by atoms with Crippen LogP contribution < -0.4 is 5.32 Å². The van der Waals surface area contributed by atoms with Crippen molar-refractivity contribution in [1.82, 2.24) is 14.9 Å². The zero-order chi connectivity index (χ0) is 16.2. The number of carbonyl (C=O) groups excluding carboxylic acids is 1. The first-order valence-electron chi connectivity index (χ1n) is 8.05. The second-order valence-electron chi connectivity index (χ2n) is 6.08. The molecule has 1 aromatic carbocycles. The second-order valence-corrected chi connectivity index (χ2v) is 6.08. The second kappa shape index (κ2) is 6.87. The highest BCUT2D eigenvalue weighted by molar-refractivity contribution is 6.02. The van der Waals surface area contributed by atoms with Gasteiger partial charge in [-0.3, -0.25) is 9.69 Å². The maximum Gasteiger partial charge on any atom is 0.274 e. The number of aromatic nitrogens is 2. The van der Waals surface area contributed by atoms with E-state index in [-0.39, 0.29) is 5.91 Å². The zero-order valence-corrected chi connectivity index (χ0v) is 13.7. The molecule has 5 nitrogen and oxygen atoms in total. The van der Waals surface area contributed by atoms with Crippen molar-refractivity contribution in [2.75, 3.05) is 18.4 Å². The fraction of sp³-hybridized carbons (Fsp3) is 0.389. The van der Waals surface area contributed by atoms with Crippen LogP contribution in [0.15, 0.2) is 30.3 Å². The quantitative estimate of drug-likeness (QED) is 0.943. The van der Waals surface area contributed by atoms with Gasteiger partial charge in [-0.1, -0.05) is 12.1 Å². The van der Waals surface area contributed by atoms with Gasteiger partial charge in [-0.15, -0.1) is 0 Å². The summed E-state index contributed by atoms with van der Waals surface area (Å²) in [5.74, 6) is 0.412. The molecule has 0 spiro atoms. The Bertz CT molecular complexity index is 688. The highest BCUT2D eigenvalue weighted by atomic mass is 16.1. The van der Waals surface area contributed by atoms with E-state index in [1.807, 2.05) is 25.1 Å². The summed E-state index contributed by atoms with van der Waals surface area (Å²) in [5.41, 5.74) is 3.23. The molecule has 0 radical (unpaired) electrons. The van der Waals surface area contributed by atoms with Crippen LogP contribution in [-0.4, -0.2) is 33.9 Å². The van der Waals surface area contributed by atoms with E-state index in [2.05, 4.69) is 26.3 Å². The molecule has 3 rings (SSSR count). The van der Waals surface area contributed by atoms with Gasteiger partial charge in [-0.25, -0.2) is 9.97 Å². The molecule has 1 amide bonds. The number of rotatable bonds is 4. The summed E-state index contributed by atoms with van der Waals surface area (Å²) in [6, 6.07) is 9.74. The van der Waals surface area contributed by atoms with E-state index in [1.54, 1.807) is 13.0 Å². The summed E-state index contributed by atoms with van der Waals surface area (Å²) in [5, 5.41) is 2.93. The molecule has 1 fully saturated rings. The molecule has 1 aliphatic heterocycles. The number of nitrogens with one attached hydrogen (secondary N) is 1. The van der Waals surface area contributed by atoms with Crippen molar-refractivity contribution < 1.29 is 4.79 Å². The number of nitrogens with zero attached hydrogens (tertiary/aromatic N) is 3. The first-order chi connectivity index (χ1) is 11.1. The van der Waals surface area contributed by atoms with Crippen molar-refractivity contribution >= 4 is 11.6 Å². The van der Waals surface area contributed by atoms with E-state index in [1.165, 1.54) is 18.4 Å². The molecule has 1 saturated heterocycles. The SMILES string of the molecule is Cc1cc(C(=O)Nc2cccc(CN3CCCC3)c2)nc(C)n1. The summed E-state index contributed by atoms with van der Waals surface area (Å²) in [6.07, 6.45) is 2.56. The number of benzene rings is 1. The molecule has 1 aromatic heterocycles. The number of anilines is 1. The Morgan fingerprint density at radius 1 is 1.17 bits per heavy atom. The lowest BCUT2D eigenvalue weighted by atomic mass is 10.2. The molecule has 1 N–H and O–H groups in total. The fourth-order valence-electron chi connectivity index (χ4n) is 2.97. The molecule has 5 heteroatoms. The van der Waals surface area contributed by atoms with Crippen molar-refractivity contribution in [2.24, 2.45) is 0 Å². The molecule has 0 atom stereocenters. The van der Waals surface area contributed by atoms with Crippen LogP contribution in [0.25, 0.3) is 0 Å². The third-order valence-corrected chi connectivity index (χ3v) is 3.99. The van der Waals surface area contributed by atoms with Gasteiger partial charge in [0.2, 0.25) is 0 Å². The van der Waals surface area contributed by atoms with E-state index in [0.29, 0.717) is 11.5 Å². The average molecular weight is 310 g/mol. The Balaban J connectivity index is 1.70. The Morgan fingerprint density at radius 3 is 2.70 bits per heavy atom. The Labute approximate surface area is 136 Å². The first-order valence-corrected chi connectivity index (χ1v) is 8.05. The standard InChI is InChI=1S/C18H22N4O/c1-13-10-17(20-14(2)19-13)18(23)21-16-7-5-6-15(11-16)12-22-8-3-4-9-22/h5-7,10-11H,3-4,8-9,12H2,1-2H3,(H,21,23). The van der Waals surface area contributed by atoms with E-state index in [9.17, 15) is 4.79 Å². The van der Waals surface area contributed by atoms with Crippen LogP contribution in [0.2, 0.25) is 0 Å². The van der Waals surface area contributed by atoms with Crippen molar-refractivity contribution in [2.45, 2.75) is 33.2 Å². The number of carbonyl (C=O) groups is 1. The smallest absolute Gasteiger partial charge is 0.274 e. The predicted octanol–water partition coefficient (Wildman–Crippen LogP) is 2.94. The third kappa shape index (κ3) is 4.13. The van der Waals surface area contributed by atoms with E-state index >= 15 is 0 Å². The summed E-state index contributed by atoms with van der Waals surface area (Å²) >= 11 is 0.